The highest BCUT2D eigenvalue weighted by Gasteiger charge is 2.14. The van der Waals surface area contributed by atoms with Crippen LogP contribution in [0.15, 0.2) is 0 Å². The molecule has 0 radical (unpaired) electrons. The third-order valence-electron chi connectivity index (χ3n) is 2.11. The third kappa shape index (κ3) is 2.20. The Kier molecular flexibility index (Phi) is 4.24. The van der Waals surface area contributed by atoms with Crippen molar-refractivity contribution in [1.82, 2.24) is 14.8 Å². The predicted octanol–water partition coefficient (Wildman–Crippen LogP) is 1.03. The van der Waals surface area contributed by atoms with Crippen molar-refractivity contribution in [2.24, 2.45) is 0 Å². The van der Waals surface area contributed by atoms with Gasteiger partial charge >= 0.3 is 0 Å². The van der Waals surface area contributed by atoms with Gasteiger partial charge in [0.1, 0.15) is 6.61 Å². The monoisotopic (exact) mass is 217 g/mol. The lowest BCUT2D eigenvalue weighted by Gasteiger charge is -2.16. The van der Waals surface area contributed by atoms with E-state index in [0.29, 0.717) is 17.2 Å². The minimum Gasteiger partial charge on any atom is -0.388 e. The molecule has 0 bridgehead atoms. The summed E-state index contributed by atoms with van der Waals surface area (Å²) < 4.78 is 7.41. The maximum absolute atomic E-state index is 9.05. The number of H-pyrrole nitrogens is 1. The van der Waals surface area contributed by atoms with Crippen LogP contribution in [0.2, 0.25) is 0 Å². The van der Waals surface area contributed by atoms with Gasteiger partial charge in [0, 0.05) is 7.11 Å². The first-order chi connectivity index (χ1) is 6.74. The van der Waals surface area contributed by atoms with Gasteiger partial charge in [0.25, 0.3) is 0 Å². The molecule has 2 N–H and O–H groups in total. The zero-order valence-corrected chi connectivity index (χ0v) is 9.17. The fraction of sp³-hybridized carbons (Fsp3) is 0.750. The van der Waals surface area contributed by atoms with Crippen molar-refractivity contribution in [2.45, 2.75) is 26.0 Å². The van der Waals surface area contributed by atoms with E-state index in [0.717, 1.165) is 6.42 Å². The summed E-state index contributed by atoms with van der Waals surface area (Å²) >= 11 is 5.07. The number of ether oxygens (including phenoxy) is 1. The molecule has 0 aliphatic carbocycles. The summed E-state index contributed by atoms with van der Waals surface area (Å²) in [5.74, 6) is 0.555. The summed E-state index contributed by atoms with van der Waals surface area (Å²) in [4.78, 5) is 0. The van der Waals surface area contributed by atoms with Crippen LogP contribution in [0, 0.1) is 4.77 Å². The topological polar surface area (TPSA) is 63.1 Å². The van der Waals surface area contributed by atoms with Gasteiger partial charge in [-0.2, -0.15) is 5.10 Å². The highest BCUT2D eigenvalue weighted by molar-refractivity contribution is 7.71. The van der Waals surface area contributed by atoms with E-state index < -0.39 is 0 Å². The normalized spacial score (nSPS) is 13.1. The van der Waals surface area contributed by atoms with Crippen LogP contribution in [0.4, 0.5) is 0 Å². The molecule has 6 heteroatoms. The minimum atomic E-state index is -0.118. The van der Waals surface area contributed by atoms with Gasteiger partial charge in [-0.25, -0.2) is 0 Å². The quantitative estimate of drug-likeness (QED) is 0.723. The van der Waals surface area contributed by atoms with Crippen LogP contribution in [0.25, 0.3) is 0 Å². The van der Waals surface area contributed by atoms with Crippen molar-refractivity contribution >= 4 is 12.2 Å². The fourth-order valence-corrected chi connectivity index (χ4v) is 1.69. The Morgan fingerprint density at radius 2 is 2.43 bits per heavy atom. The zero-order valence-electron chi connectivity index (χ0n) is 8.36. The van der Waals surface area contributed by atoms with Crippen LogP contribution in [-0.4, -0.2) is 33.6 Å². The van der Waals surface area contributed by atoms with Crippen LogP contribution in [0.1, 0.15) is 25.2 Å². The number of rotatable bonds is 5. The molecule has 0 saturated heterocycles. The molecule has 80 valence electrons. The van der Waals surface area contributed by atoms with Gasteiger partial charge in [-0.15, -0.1) is 0 Å². The largest absolute Gasteiger partial charge is 0.388 e. The Labute approximate surface area is 87.7 Å². The van der Waals surface area contributed by atoms with Crippen LogP contribution >= 0.6 is 12.2 Å². The van der Waals surface area contributed by atoms with Gasteiger partial charge < -0.3 is 9.84 Å². The molecule has 0 aromatic carbocycles. The first-order valence-corrected chi connectivity index (χ1v) is 4.91. The average molecular weight is 217 g/mol. The molecular formula is C8H15N3O2S. The van der Waals surface area contributed by atoms with Gasteiger partial charge in [0.15, 0.2) is 10.6 Å². The molecule has 1 atom stereocenters. The summed E-state index contributed by atoms with van der Waals surface area (Å²) in [7, 11) is 1.64. The molecule has 0 fully saturated rings. The second kappa shape index (κ2) is 5.23. The van der Waals surface area contributed by atoms with E-state index in [1.54, 1.807) is 11.7 Å². The Morgan fingerprint density at radius 1 is 1.71 bits per heavy atom. The Morgan fingerprint density at radius 3 is 2.93 bits per heavy atom. The first kappa shape index (κ1) is 11.4. The van der Waals surface area contributed by atoms with Crippen molar-refractivity contribution in [2.75, 3.05) is 13.7 Å². The average Bonchev–Trinajstić information content (AvgIpc) is 2.56. The van der Waals surface area contributed by atoms with E-state index in [2.05, 4.69) is 10.2 Å². The summed E-state index contributed by atoms with van der Waals surface area (Å²) in [5.41, 5.74) is 0. The first-order valence-electron chi connectivity index (χ1n) is 4.50. The number of hydrogen-bond donors (Lipinski definition) is 2. The maximum Gasteiger partial charge on any atom is 0.195 e. The predicted molar refractivity (Wildman–Crippen MR) is 54.5 cm³/mol. The smallest absolute Gasteiger partial charge is 0.195 e. The molecule has 1 aromatic rings. The number of aliphatic hydroxyl groups is 1. The van der Waals surface area contributed by atoms with Crippen molar-refractivity contribution in [3.8, 4) is 0 Å². The lowest BCUT2D eigenvalue weighted by atomic mass is 10.2. The molecule has 1 heterocycles. The van der Waals surface area contributed by atoms with Crippen molar-refractivity contribution in [3.05, 3.63) is 10.6 Å². The summed E-state index contributed by atoms with van der Waals surface area (Å²) in [6.45, 7) is 2.49. The van der Waals surface area contributed by atoms with Crippen LogP contribution in [0.5, 0.6) is 0 Å². The molecular weight excluding hydrogens is 202 g/mol. The molecule has 0 amide bonds. The Balaban J connectivity index is 3.00. The molecule has 0 aliphatic heterocycles. The van der Waals surface area contributed by atoms with Gasteiger partial charge in [-0.1, -0.05) is 6.92 Å². The number of methoxy groups -OCH3 is 1. The minimum absolute atomic E-state index is 0.118. The number of aromatic nitrogens is 3. The zero-order chi connectivity index (χ0) is 10.6. The summed E-state index contributed by atoms with van der Waals surface area (Å²) in [6, 6.07) is 0.133. The Hall–Kier alpha value is -0.720. The van der Waals surface area contributed by atoms with Crippen LogP contribution < -0.4 is 0 Å². The van der Waals surface area contributed by atoms with E-state index in [1.807, 2.05) is 6.92 Å². The van der Waals surface area contributed by atoms with E-state index in [1.165, 1.54) is 0 Å². The fourth-order valence-electron chi connectivity index (χ4n) is 1.39. The summed E-state index contributed by atoms with van der Waals surface area (Å²) in [6.07, 6.45) is 0.884. The highest BCUT2D eigenvalue weighted by Crippen LogP contribution is 2.14. The molecule has 0 aliphatic rings. The lowest BCUT2D eigenvalue weighted by Crippen LogP contribution is -2.16. The molecule has 0 saturated carbocycles. The SMILES string of the molecule is CCC(COC)n1c(CO)n[nH]c1=S. The number of aliphatic hydroxyl groups excluding tert-OH is 1. The van der Waals surface area contributed by atoms with Gasteiger partial charge in [-0.3, -0.25) is 9.67 Å². The van der Waals surface area contributed by atoms with Gasteiger partial charge in [0.05, 0.1) is 12.6 Å². The standard InChI is InChI=1S/C8H15N3O2S/c1-3-6(5-13-2)11-7(4-12)9-10-8(11)14/h6,12H,3-5H2,1-2H3,(H,10,14). The molecule has 0 spiro atoms. The van der Waals surface area contributed by atoms with Crippen molar-refractivity contribution < 1.29 is 9.84 Å². The molecule has 14 heavy (non-hydrogen) atoms. The molecule has 1 aromatic heterocycles. The van der Waals surface area contributed by atoms with Gasteiger partial charge in [0.2, 0.25) is 0 Å². The van der Waals surface area contributed by atoms with E-state index in [-0.39, 0.29) is 12.6 Å². The number of nitrogens with zero attached hydrogens (tertiary/aromatic N) is 2. The second-order valence-electron chi connectivity index (χ2n) is 2.99. The van der Waals surface area contributed by atoms with Crippen LogP contribution in [-0.2, 0) is 11.3 Å². The third-order valence-corrected chi connectivity index (χ3v) is 2.40. The highest BCUT2D eigenvalue weighted by atomic mass is 32.1. The second-order valence-corrected chi connectivity index (χ2v) is 3.38. The lowest BCUT2D eigenvalue weighted by molar-refractivity contribution is 0.147. The molecule has 5 nitrogen and oxygen atoms in total. The van der Waals surface area contributed by atoms with Gasteiger partial charge in [-0.05, 0) is 18.6 Å². The van der Waals surface area contributed by atoms with Crippen LogP contribution in [0.3, 0.4) is 0 Å². The van der Waals surface area contributed by atoms with E-state index in [9.17, 15) is 0 Å². The molecule has 1 unspecified atom stereocenters. The number of nitrogens with one attached hydrogen (secondary N) is 1. The summed E-state index contributed by atoms with van der Waals surface area (Å²) in [5, 5.41) is 15.6. The number of aromatic amines is 1. The maximum atomic E-state index is 9.05. The number of hydrogen-bond acceptors (Lipinski definition) is 4. The van der Waals surface area contributed by atoms with Crippen molar-refractivity contribution in [3.63, 3.8) is 0 Å². The van der Waals surface area contributed by atoms with E-state index in [4.69, 9.17) is 22.1 Å². The van der Waals surface area contributed by atoms with E-state index >= 15 is 0 Å². The molecule has 1 rings (SSSR count). The van der Waals surface area contributed by atoms with Crippen molar-refractivity contribution in [1.29, 1.82) is 0 Å². The Bertz CT molecular complexity index is 334.